The Hall–Kier alpha value is -1.35. The summed E-state index contributed by atoms with van der Waals surface area (Å²) in [6, 6.07) is 15.1. The van der Waals surface area contributed by atoms with Crippen molar-refractivity contribution in [2.45, 2.75) is 38.1 Å². The number of aryl methyl sites for hydroxylation is 2. The molecule has 0 saturated heterocycles. The molecule has 0 amide bonds. The average molecular weight is 301 g/mol. The van der Waals surface area contributed by atoms with E-state index in [0.717, 1.165) is 17.9 Å². The van der Waals surface area contributed by atoms with Crippen LogP contribution in [0.4, 0.5) is 0 Å². The third-order valence-corrected chi connectivity index (χ3v) is 4.49. The van der Waals surface area contributed by atoms with E-state index in [2.05, 4.69) is 29.7 Å². The van der Waals surface area contributed by atoms with Gasteiger partial charge in [0.25, 0.3) is 0 Å². The van der Waals surface area contributed by atoms with E-state index in [0.29, 0.717) is 0 Å². The molecular formula is C18H21ClN2. The number of hydrazine groups is 1. The summed E-state index contributed by atoms with van der Waals surface area (Å²) in [4.78, 5) is 0. The van der Waals surface area contributed by atoms with E-state index in [9.17, 15) is 0 Å². The average Bonchev–Trinajstić information content (AvgIpc) is 2.94. The van der Waals surface area contributed by atoms with Crippen molar-refractivity contribution in [2.75, 3.05) is 0 Å². The highest BCUT2D eigenvalue weighted by atomic mass is 35.5. The van der Waals surface area contributed by atoms with Gasteiger partial charge in [-0.2, -0.15) is 0 Å². The van der Waals surface area contributed by atoms with E-state index >= 15 is 0 Å². The van der Waals surface area contributed by atoms with Gasteiger partial charge in [0, 0.05) is 11.1 Å². The molecular weight excluding hydrogens is 280 g/mol. The smallest absolute Gasteiger partial charge is 0.0408 e. The predicted molar refractivity (Wildman–Crippen MR) is 88.4 cm³/mol. The van der Waals surface area contributed by atoms with E-state index in [1.165, 1.54) is 41.5 Å². The van der Waals surface area contributed by atoms with Gasteiger partial charge in [0.1, 0.15) is 0 Å². The Bertz CT molecular complexity index is 624. The zero-order valence-electron chi connectivity index (χ0n) is 12.1. The van der Waals surface area contributed by atoms with Crippen LogP contribution in [-0.4, -0.2) is 6.04 Å². The van der Waals surface area contributed by atoms with Crippen LogP contribution >= 0.6 is 11.6 Å². The number of nitrogens with one attached hydrogen (secondary N) is 1. The lowest BCUT2D eigenvalue weighted by Crippen LogP contribution is -2.38. The second kappa shape index (κ2) is 6.61. The van der Waals surface area contributed by atoms with Crippen LogP contribution in [-0.2, 0) is 25.7 Å². The number of fused-ring (bicyclic) bond motifs is 1. The Morgan fingerprint density at radius 1 is 1.00 bits per heavy atom. The molecule has 2 aromatic carbocycles. The second-order valence-corrected chi connectivity index (χ2v) is 6.29. The van der Waals surface area contributed by atoms with Crippen LogP contribution in [0, 0.1) is 0 Å². The quantitative estimate of drug-likeness (QED) is 0.656. The molecule has 1 unspecified atom stereocenters. The highest BCUT2D eigenvalue weighted by molar-refractivity contribution is 6.30. The number of hydrogen-bond acceptors (Lipinski definition) is 2. The van der Waals surface area contributed by atoms with Gasteiger partial charge in [-0.25, -0.2) is 0 Å². The van der Waals surface area contributed by atoms with E-state index in [4.69, 9.17) is 17.4 Å². The Balaban J connectivity index is 1.69. The maximum atomic E-state index is 6.04. The Morgan fingerprint density at radius 2 is 1.76 bits per heavy atom. The number of halogens is 1. The molecule has 0 aromatic heterocycles. The maximum absolute atomic E-state index is 6.04. The molecule has 0 radical (unpaired) electrons. The van der Waals surface area contributed by atoms with Gasteiger partial charge < -0.3 is 0 Å². The first-order chi connectivity index (χ1) is 10.2. The van der Waals surface area contributed by atoms with Crippen LogP contribution in [0.25, 0.3) is 0 Å². The molecule has 3 heteroatoms. The van der Waals surface area contributed by atoms with E-state index in [1.807, 2.05) is 18.2 Å². The summed E-state index contributed by atoms with van der Waals surface area (Å²) >= 11 is 6.04. The number of nitrogens with two attached hydrogens (primary N) is 1. The van der Waals surface area contributed by atoms with Crippen LogP contribution in [0.2, 0.25) is 5.02 Å². The van der Waals surface area contributed by atoms with Gasteiger partial charge in [-0.3, -0.25) is 11.3 Å². The van der Waals surface area contributed by atoms with Crippen molar-refractivity contribution in [3.05, 3.63) is 69.7 Å². The van der Waals surface area contributed by atoms with E-state index in [-0.39, 0.29) is 6.04 Å². The second-order valence-electron chi connectivity index (χ2n) is 5.86. The van der Waals surface area contributed by atoms with E-state index < -0.39 is 0 Å². The molecule has 0 heterocycles. The fourth-order valence-electron chi connectivity index (χ4n) is 3.18. The highest BCUT2D eigenvalue weighted by Crippen LogP contribution is 2.23. The third kappa shape index (κ3) is 3.65. The first-order valence-electron chi connectivity index (χ1n) is 7.56. The van der Waals surface area contributed by atoms with Gasteiger partial charge >= 0.3 is 0 Å². The summed E-state index contributed by atoms with van der Waals surface area (Å²) in [7, 11) is 0. The van der Waals surface area contributed by atoms with Gasteiger partial charge in [0.2, 0.25) is 0 Å². The Kier molecular flexibility index (Phi) is 4.59. The monoisotopic (exact) mass is 300 g/mol. The summed E-state index contributed by atoms with van der Waals surface area (Å²) in [5.74, 6) is 5.74. The Morgan fingerprint density at radius 3 is 2.52 bits per heavy atom. The third-order valence-electron chi connectivity index (χ3n) is 4.25. The van der Waals surface area contributed by atoms with Crippen LogP contribution in [0.1, 0.15) is 28.7 Å². The van der Waals surface area contributed by atoms with Crippen molar-refractivity contribution in [2.24, 2.45) is 5.84 Å². The molecule has 0 bridgehead atoms. The van der Waals surface area contributed by atoms with Crippen LogP contribution in [0.5, 0.6) is 0 Å². The lowest BCUT2D eigenvalue weighted by molar-refractivity contribution is 0.522. The molecule has 2 nitrogen and oxygen atoms in total. The summed E-state index contributed by atoms with van der Waals surface area (Å²) in [5, 5.41) is 0.779. The normalized spacial score (nSPS) is 15.0. The molecule has 0 fully saturated rings. The van der Waals surface area contributed by atoms with Crippen molar-refractivity contribution in [3.63, 3.8) is 0 Å². The zero-order valence-corrected chi connectivity index (χ0v) is 12.9. The standard InChI is InChI=1S/C18H21ClN2/c19-17-6-1-3-13(10-17)11-18(21-20)12-14-7-8-15-4-2-5-16(15)9-14/h1,3,6-10,18,21H,2,4-5,11-12,20H2. The predicted octanol–water partition coefficient (Wildman–Crippen LogP) is 3.45. The molecule has 110 valence electrons. The first-order valence-corrected chi connectivity index (χ1v) is 7.93. The molecule has 1 aliphatic rings. The summed E-state index contributed by atoms with van der Waals surface area (Å²) in [5.41, 5.74) is 8.56. The number of hydrogen-bond donors (Lipinski definition) is 2. The fourth-order valence-corrected chi connectivity index (χ4v) is 3.39. The fraction of sp³-hybridized carbons (Fsp3) is 0.333. The molecule has 1 atom stereocenters. The van der Waals surface area contributed by atoms with Crippen molar-refractivity contribution in [3.8, 4) is 0 Å². The molecule has 0 aliphatic heterocycles. The van der Waals surface area contributed by atoms with Crippen molar-refractivity contribution in [1.29, 1.82) is 0 Å². The highest BCUT2D eigenvalue weighted by Gasteiger charge is 2.13. The SMILES string of the molecule is NNC(Cc1cccc(Cl)c1)Cc1ccc2c(c1)CCC2. The van der Waals surface area contributed by atoms with Gasteiger partial charge in [0.05, 0.1) is 0 Å². The molecule has 0 spiro atoms. The summed E-state index contributed by atoms with van der Waals surface area (Å²) in [6.45, 7) is 0. The molecule has 21 heavy (non-hydrogen) atoms. The van der Waals surface area contributed by atoms with Crippen LogP contribution < -0.4 is 11.3 Å². The molecule has 1 aliphatic carbocycles. The van der Waals surface area contributed by atoms with Crippen LogP contribution in [0.15, 0.2) is 42.5 Å². The van der Waals surface area contributed by atoms with Crippen molar-refractivity contribution >= 4 is 11.6 Å². The number of rotatable bonds is 5. The zero-order chi connectivity index (χ0) is 14.7. The van der Waals surface area contributed by atoms with Gasteiger partial charge in [-0.05, 0) is 66.5 Å². The topological polar surface area (TPSA) is 38.0 Å². The number of benzene rings is 2. The first kappa shape index (κ1) is 14.6. The summed E-state index contributed by atoms with van der Waals surface area (Å²) < 4.78 is 0. The minimum absolute atomic E-state index is 0.225. The molecule has 3 N–H and O–H groups in total. The minimum atomic E-state index is 0.225. The minimum Gasteiger partial charge on any atom is -0.271 e. The maximum Gasteiger partial charge on any atom is 0.0408 e. The largest absolute Gasteiger partial charge is 0.271 e. The van der Waals surface area contributed by atoms with Crippen molar-refractivity contribution in [1.82, 2.24) is 5.43 Å². The lowest BCUT2D eigenvalue weighted by Gasteiger charge is -2.17. The molecule has 2 aromatic rings. The van der Waals surface area contributed by atoms with Gasteiger partial charge in [-0.15, -0.1) is 0 Å². The van der Waals surface area contributed by atoms with Crippen LogP contribution in [0.3, 0.4) is 0 Å². The van der Waals surface area contributed by atoms with E-state index in [1.54, 1.807) is 0 Å². The Labute approximate surface area is 131 Å². The van der Waals surface area contributed by atoms with Gasteiger partial charge in [-0.1, -0.05) is 41.9 Å². The molecule has 3 rings (SSSR count). The van der Waals surface area contributed by atoms with Crippen molar-refractivity contribution < 1.29 is 0 Å². The summed E-state index contributed by atoms with van der Waals surface area (Å²) in [6.07, 6.45) is 5.57. The lowest BCUT2D eigenvalue weighted by atomic mass is 9.97. The van der Waals surface area contributed by atoms with Gasteiger partial charge in [0.15, 0.2) is 0 Å². The molecule has 0 saturated carbocycles.